The zero-order valence-corrected chi connectivity index (χ0v) is 17.4. The maximum Gasteiger partial charge on any atom is 0.265 e. The molecule has 0 radical (unpaired) electrons. The summed E-state index contributed by atoms with van der Waals surface area (Å²) in [6, 6.07) is 12.5. The van der Waals surface area contributed by atoms with Gasteiger partial charge in [-0.3, -0.25) is 14.4 Å². The Morgan fingerprint density at radius 2 is 1.87 bits per heavy atom. The van der Waals surface area contributed by atoms with Crippen LogP contribution in [0, 0.1) is 0 Å². The van der Waals surface area contributed by atoms with Gasteiger partial charge >= 0.3 is 0 Å². The van der Waals surface area contributed by atoms with E-state index >= 15 is 0 Å². The van der Waals surface area contributed by atoms with Crippen molar-refractivity contribution >= 4 is 34.7 Å². The molecule has 2 aromatic rings. The van der Waals surface area contributed by atoms with Crippen LogP contribution in [0.4, 0.5) is 17.1 Å². The minimum absolute atomic E-state index is 0.00143. The Bertz CT molecular complexity index is 1030. The first-order valence-electron chi connectivity index (χ1n) is 10.1. The van der Waals surface area contributed by atoms with Crippen molar-refractivity contribution in [2.24, 2.45) is 0 Å². The third-order valence-electron chi connectivity index (χ3n) is 5.39. The Balaban J connectivity index is 1.65. The topological polar surface area (TPSA) is 79.0 Å². The molecule has 156 valence electrons. The molecule has 0 bridgehead atoms. The molecule has 30 heavy (non-hydrogen) atoms. The first kappa shape index (κ1) is 19.9. The minimum atomic E-state index is -0.817. The van der Waals surface area contributed by atoms with Gasteiger partial charge in [0.15, 0.2) is 12.4 Å². The lowest BCUT2D eigenvalue weighted by Gasteiger charge is -2.39. The van der Waals surface area contributed by atoms with Crippen LogP contribution in [-0.4, -0.2) is 42.8 Å². The SMILES string of the molecule is CCCN1C(=O)COc2ccc(C(=O)CN3C(=O)C(C)(C)Nc4ccccc43)cc21. The smallest absolute Gasteiger partial charge is 0.265 e. The molecular formula is C23H25N3O4. The monoisotopic (exact) mass is 407 g/mol. The lowest BCUT2D eigenvalue weighted by molar-refractivity contribution is -0.122. The number of hydrogen-bond acceptors (Lipinski definition) is 5. The number of fused-ring (bicyclic) bond motifs is 2. The van der Waals surface area contributed by atoms with E-state index in [0.29, 0.717) is 29.2 Å². The second-order valence-corrected chi connectivity index (χ2v) is 8.10. The summed E-state index contributed by atoms with van der Waals surface area (Å²) in [5, 5.41) is 3.23. The number of ether oxygens (including phenoxy) is 1. The van der Waals surface area contributed by atoms with E-state index in [1.54, 1.807) is 36.9 Å². The predicted octanol–water partition coefficient (Wildman–Crippen LogP) is 3.24. The van der Waals surface area contributed by atoms with Crippen LogP contribution in [0.3, 0.4) is 0 Å². The standard InChI is InChI=1S/C23H25N3O4/c1-4-11-25-18-12-15(9-10-20(18)30-14-21(25)28)19(27)13-26-17-8-6-5-7-16(17)24-23(2,3)22(26)29/h5-10,12,24H,4,11,13-14H2,1-3H3. The molecule has 0 fully saturated rings. The van der Waals surface area contributed by atoms with Crippen molar-refractivity contribution in [3.63, 3.8) is 0 Å². The number of Topliss-reactive ketones (excluding diaryl/α,β-unsaturated/α-hetero) is 1. The summed E-state index contributed by atoms with van der Waals surface area (Å²) in [7, 11) is 0. The van der Waals surface area contributed by atoms with Crippen LogP contribution in [0.5, 0.6) is 5.75 Å². The molecule has 0 saturated heterocycles. The summed E-state index contributed by atoms with van der Waals surface area (Å²) in [5.74, 6) is 0.0954. The molecule has 2 amide bonds. The molecule has 2 aromatic carbocycles. The van der Waals surface area contributed by atoms with Crippen LogP contribution in [0.1, 0.15) is 37.6 Å². The van der Waals surface area contributed by atoms with E-state index < -0.39 is 5.54 Å². The van der Waals surface area contributed by atoms with Gasteiger partial charge in [0.05, 0.1) is 23.6 Å². The van der Waals surface area contributed by atoms with Crippen molar-refractivity contribution in [3.8, 4) is 5.75 Å². The number of amides is 2. The average Bonchev–Trinajstić information content (AvgIpc) is 2.72. The number of rotatable bonds is 5. The second kappa shape index (κ2) is 7.48. The van der Waals surface area contributed by atoms with Crippen LogP contribution < -0.4 is 19.9 Å². The van der Waals surface area contributed by atoms with Crippen LogP contribution in [0.25, 0.3) is 0 Å². The summed E-state index contributed by atoms with van der Waals surface area (Å²) >= 11 is 0. The summed E-state index contributed by atoms with van der Waals surface area (Å²) in [5.41, 5.74) is 1.72. The van der Waals surface area contributed by atoms with E-state index in [1.165, 1.54) is 4.90 Å². The van der Waals surface area contributed by atoms with Crippen LogP contribution in [0.15, 0.2) is 42.5 Å². The van der Waals surface area contributed by atoms with E-state index in [2.05, 4.69) is 5.32 Å². The van der Waals surface area contributed by atoms with E-state index in [1.807, 2.05) is 31.2 Å². The van der Waals surface area contributed by atoms with Gasteiger partial charge in [-0.1, -0.05) is 19.1 Å². The van der Waals surface area contributed by atoms with Crippen molar-refractivity contribution < 1.29 is 19.1 Å². The zero-order valence-electron chi connectivity index (χ0n) is 17.4. The Hall–Kier alpha value is -3.35. The summed E-state index contributed by atoms with van der Waals surface area (Å²) in [4.78, 5) is 41.6. The van der Waals surface area contributed by atoms with Crippen molar-refractivity contribution in [1.29, 1.82) is 0 Å². The number of nitrogens with one attached hydrogen (secondary N) is 1. The van der Waals surface area contributed by atoms with E-state index in [0.717, 1.165) is 12.1 Å². The Morgan fingerprint density at radius 1 is 1.10 bits per heavy atom. The fraction of sp³-hybridized carbons (Fsp3) is 0.348. The molecule has 2 aliphatic heterocycles. The van der Waals surface area contributed by atoms with Gasteiger partial charge in [0, 0.05) is 12.1 Å². The predicted molar refractivity (Wildman–Crippen MR) is 115 cm³/mol. The Morgan fingerprint density at radius 3 is 2.63 bits per heavy atom. The van der Waals surface area contributed by atoms with Gasteiger partial charge in [-0.05, 0) is 50.6 Å². The lowest BCUT2D eigenvalue weighted by atomic mass is 9.97. The van der Waals surface area contributed by atoms with Gasteiger partial charge in [0.1, 0.15) is 11.3 Å². The summed E-state index contributed by atoms with van der Waals surface area (Å²) in [6.45, 7) is 6.07. The highest BCUT2D eigenvalue weighted by Gasteiger charge is 2.39. The van der Waals surface area contributed by atoms with Gasteiger partial charge in [-0.15, -0.1) is 0 Å². The van der Waals surface area contributed by atoms with Crippen LogP contribution in [-0.2, 0) is 9.59 Å². The zero-order chi connectivity index (χ0) is 21.5. The number of carbonyl (C=O) groups excluding carboxylic acids is 3. The Kier molecular flexibility index (Phi) is 4.97. The van der Waals surface area contributed by atoms with Gasteiger partial charge in [0.2, 0.25) is 0 Å². The van der Waals surface area contributed by atoms with Gasteiger partial charge in [-0.2, -0.15) is 0 Å². The van der Waals surface area contributed by atoms with Crippen LogP contribution in [0.2, 0.25) is 0 Å². The molecule has 7 nitrogen and oxygen atoms in total. The third-order valence-corrected chi connectivity index (χ3v) is 5.39. The molecule has 2 aliphatic rings. The average molecular weight is 407 g/mol. The summed E-state index contributed by atoms with van der Waals surface area (Å²) in [6.07, 6.45) is 0.796. The molecule has 0 saturated carbocycles. The van der Waals surface area contributed by atoms with Crippen molar-refractivity contribution in [1.82, 2.24) is 0 Å². The van der Waals surface area contributed by atoms with Gasteiger partial charge < -0.3 is 19.9 Å². The van der Waals surface area contributed by atoms with Gasteiger partial charge in [0.25, 0.3) is 11.8 Å². The first-order valence-corrected chi connectivity index (χ1v) is 10.1. The maximum absolute atomic E-state index is 13.2. The van der Waals surface area contributed by atoms with Crippen LogP contribution >= 0.6 is 0 Å². The van der Waals surface area contributed by atoms with E-state index in [9.17, 15) is 14.4 Å². The van der Waals surface area contributed by atoms with Crippen molar-refractivity contribution in [3.05, 3.63) is 48.0 Å². The molecular weight excluding hydrogens is 382 g/mol. The number of hydrogen-bond donors (Lipinski definition) is 1. The molecule has 0 aliphatic carbocycles. The normalized spacial score (nSPS) is 17.0. The molecule has 4 rings (SSSR count). The first-order chi connectivity index (χ1) is 14.3. The third kappa shape index (κ3) is 3.40. The number of nitrogens with zero attached hydrogens (tertiary/aromatic N) is 2. The molecule has 7 heteroatoms. The molecule has 0 aromatic heterocycles. The number of benzene rings is 2. The number of carbonyl (C=O) groups is 3. The second-order valence-electron chi connectivity index (χ2n) is 8.10. The van der Waals surface area contributed by atoms with Crippen molar-refractivity contribution in [2.75, 3.05) is 34.8 Å². The maximum atomic E-state index is 13.2. The molecule has 0 atom stereocenters. The highest BCUT2D eigenvalue weighted by Crippen LogP contribution is 2.36. The molecule has 1 N–H and O–H groups in total. The lowest BCUT2D eigenvalue weighted by Crippen LogP contribution is -2.55. The highest BCUT2D eigenvalue weighted by molar-refractivity contribution is 6.13. The molecule has 0 unspecified atom stereocenters. The van der Waals surface area contributed by atoms with Crippen molar-refractivity contribution in [2.45, 2.75) is 32.7 Å². The fourth-order valence-electron chi connectivity index (χ4n) is 3.89. The van der Waals surface area contributed by atoms with E-state index in [4.69, 9.17) is 4.74 Å². The molecule has 0 spiro atoms. The molecule has 2 heterocycles. The largest absolute Gasteiger partial charge is 0.482 e. The van der Waals surface area contributed by atoms with Gasteiger partial charge in [-0.25, -0.2) is 0 Å². The summed E-state index contributed by atoms with van der Waals surface area (Å²) < 4.78 is 5.51. The minimum Gasteiger partial charge on any atom is -0.482 e. The number of anilines is 3. The fourth-order valence-corrected chi connectivity index (χ4v) is 3.89. The van der Waals surface area contributed by atoms with E-state index in [-0.39, 0.29) is 30.7 Å². The number of para-hydroxylation sites is 2. The Labute approximate surface area is 175 Å². The highest BCUT2D eigenvalue weighted by atomic mass is 16.5. The number of ketones is 1. The quantitative estimate of drug-likeness (QED) is 0.770.